The Morgan fingerprint density at radius 1 is 0.554 bits per heavy atom. The highest BCUT2D eigenvalue weighted by Crippen LogP contribution is 2.44. The van der Waals surface area contributed by atoms with Crippen LogP contribution in [0.2, 0.25) is 0 Å². The van der Waals surface area contributed by atoms with E-state index in [1.807, 2.05) is 84.9 Å². The molecule has 4 aromatic carbocycles. The molecule has 0 bridgehead atoms. The van der Waals surface area contributed by atoms with Crippen LogP contribution in [-0.4, -0.2) is 78.8 Å². The van der Waals surface area contributed by atoms with E-state index in [1.54, 1.807) is 24.3 Å². The smallest absolute Gasteiger partial charge is 0.407 e. The zero-order valence-corrected chi connectivity index (χ0v) is 31.2. The number of benzene rings is 4. The number of hydrogen-bond acceptors (Lipinski definition) is 8. The Balaban J connectivity index is 1.33. The first-order valence-electron chi connectivity index (χ1n) is 18.9. The molecule has 0 aromatic heterocycles. The first kappa shape index (κ1) is 41.1. The third-order valence-corrected chi connectivity index (χ3v) is 9.79. The Hall–Kier alpha value is -6.05. The van der Waals surface area contributed by atoms with E-state index in [2.05, 4.69) is 21.3 Å². The van der Waals surface area contributed by atoms with Crippen molar-refractivity contribution in [3.63, 3.8) is 0 Å². The van der Waals surface area contributed by atoms with Crippen molar-refractivity contribution < 1.29 is 33.8 Å². The molecular formula is C43H50N6O7. The number of rotatable bonds is 20. The van der Waals surface area contributed by atoms with Crippen molar-refractivity contribution in [1.82, 2.24) is 21.3 Å². The number of carboxylic acid groups (broad SMARTS) is 1. The molecule has 0 radical (unpaired) electrons. The molecule has 4 unspecified atom stereocenters. The van der Waals surface area contributed by atoms with Crippen LogP contribution in [0.15, 0.2) is 109 Å². The fourth-order valence-electron chi connectivity index (χ4n) is 6.89. The second-order valence-corrected chi connectivity index (χ2v) is 13.8. The van der Waals surface area contributed by atoms with Gasteiger partial charge in [-0.1, -0.05) is 109 Å². The highest BCUT2D eigenvalue weighted by Gasteiger charge is 2.33. The molecule has 0 saturated heterocycles. The van der Waals surface area contributed by atoms with Crippen molar-refractivity contribution in [2.75, 3.05) is 19.7 Å². The summed E-state index contributed by atoms with van der Waals surface area (Å²) in [5, 5.41) is 20.5. The predicted octanol–water partition coefficient (Wildman–Crippen LogP) is 3.40. The molecule has 1 aliphatic rings. The van der Waals surface area contributed by atoms with E-state index < -0.39 is 54.0 Å². The Morgan fingerprint density at radius 2 is 0.964 bits per heavy atom. The summed E-state index contributed by atoms with van der Waals surface area (Å²) in [4.78, 5) is 66.9. The van der Waals surface area contributed by atoms with Gasteiger partial charge in [-0.2, -0.15) is 0 Å². The number of aliphatic carboxylic acids is 1. The molecule has 1 aliphatic carbocycles. The minimum atomic E-state index is -1.22. The SMILES string of the molecule is NCCCC(NC(=O)C(CCCN)NC(=O)C(Cc1ccccc1)NC(=O)C(Cc1ccccc1)NC(=O)OCC1c2ccccc2-c2ccccc21)C(=O)O. The topological polar surface area (TPSA) is 215 Å². The number of amides is 4. The molecule has 13 nitrogen and oxygen atoms in total. The number of nitrogens with one attached hydrogen (secondary N) is 4. The monoisotopic (exact) mass is 762 g/mol. The summed E-state index contributed by atoms with van der Waals surface area (Å²) in [6.07, 6.45) is 0.324. The minimum Gasteiger partial charge on any atom is -0.480 e. The molecule has 5 rings (SSSR count). The normalized spacial score (nSPS) is 13.9. The first-order valence-corrected chi connectivity index (χ1v) is 18.9. The zero-order valence-electron chi connectivity index (χ0n) is 31.2. The molecule has 0 aliphatic heterocycles. The number of carbonyl (C=O) groups is 5. The van der Waals surface area contributed by atoms with Crippen LogP contribution in [-0.2, 0) is 36.8 Å². The van der Waals surface area contributed by atoms with Gasteiger partial charge in [0.15, 0.2) is 0 Å². The minimum absolute atomic E-state index is 0.0415. The van der Waals surface area contributed by atoms with Crippen LogP contribution < -0.4 is 32.7 Å². The summed E-state index contributed by atoms with van der Waals surface area (Å²) in [5.41, 5.74) is 17.0. The lowest BCUT2D eigenvalue weighted by atomic mass is 9.98. The predicted molar refractivity (Wildman–Crippen MR) is 212 cm³/mol. The Labute approximate surface area is 326 Å². The van der Waals surface area contributed by atoms with E-state index >= 15 is 0 Å². The lowest BCUT2D eigenvalue weighted by molar-refractivity contribution is -0.142. The molecular weight excluding hydrogens is 713 g/mol. The highest BCUT2D eigenvalue weighted by atomic mass is 16.5. The molecule has 13 heteroatoms. The van der Waals surface area contributed by atoms with Crippen LogP contribution in [0.4, 0.5) is 4.79 Å². The third-order valence-electron chi connectivity index (χ3n) is 9.79. The summed E-state index contributed by atoms with van der Waals surface area (Å²) in [6, 6.07) is 29.4. The fourth-order valence-corrected chi connectivity index (χ4v) is 6.89. The van der Waals surface area contributed by atoms with E-state index in [9.17, 15) is 29.1 Å². The summed E-state index contributed by atoms with van der Waals surface area (Å²) < 4.78 is 5.78. The van der Waals surface area contributed by atoms with Gasteiger partial charge < -0.3 is 42.6 Å². The third kappa shape index (κ3) is 11.2. The van der Waals surface area contributed by atoms with Crippen molar-refractivity contribution in [3.8, 4) is 11.1 Å². The lowest BCUT2D eigenvalue weighted by Gasteiger charge is -2.26. The van der Waals surface area contributed by atoms with Gasteiger partial charge in [0.25, 0.3) is 0 Å². The maximum Gasteiger partial charge on any atom is 0.407 e. The quantitative estimate of drug-likeness (QED) is 0.0702. The number of nitrogens with two attached hydrogens (primary N) is 2. The summed E-state index contributed by atoms with van der Waals surface area (Å²) in [7, 11) is 0. The van der Waals surface area contributed by atoms with Gasteiger partial charge in [-0.3, -0.25) is 14.4 Å². The second-order valence-electron chi connectivity index (χ2n) is 13.8. The maximum absolute atomic E-state index is 14.2. The van der Waals surface area contributed by atoms with Gasteiger partial charge in [-0.25, -0.2) is 9.59 Å². The van der Waals surface area contributed by atoms with Crippen molar-refractivity contribution in [3.05, 3.63) is 131 Å². The second kappa shape index (κ2) is 20.6. The van der Waals surface area contributed by atoms with Gasteiger partial charge >= 0.3 is 12.1 Å². The lowest BCUT2D eigenvalue weighted by Crippen LogP contribution is -2.58. The number of alkyl carbamates (subject to hydrolysis) is 1. The van der Waals surface area contributed by atoms with Crippen molar-refractivity contribution in [2.24, 2.45) is 11.5 Å². The van der Waals surface area contributed by atoms with Crippen molar-refractivity contribution in [1.29, 1.82) is 0 Å². The highest BCUT2D eigenvalue weighted by molar-refractivity contribution is 5.95. The Bertz CT molecular complexity index is 1900. The average Bonchev–Trinajstić information content (AvgIpc) is 3.53. The standard InChI is InChI=1S/C43H50N6O7/c44-23-11-21-35(39(50)47-36(42(53)54)22-12-24-45)46-40(51)37(25-28-13-3-1-4-14-28)48-41(52)38(26-29-15-5-2-6-16-29)49-43(55)56-27-34-32-19-9-7-17-30(32)31-18-8-10-20-33(31)34/h1-10,13-20,34-38H,11-12,21-27,44-45H2,(H,46,51)(H,47,50)(H,48,52)(H,49,55)(H,53,54). The summed E-state index contributed by atoms with van der Waals surface area (Å²) in [6.45, 7) is 0.511. The van der Waals surface area contributed by atoms with E-state index in [-0.39, 0.29) is 51.3 Å². The van der Waals surface area contributed by atoms with Gasteiger partial charge in [0.1, 0.15) is 30.8 Å². The van der Waals surface area contributed by atoms with E-state index in [4.69, 9.17) is 16.2 Å². The molecule has 56 heavy (non-hydrogen) atoms. The van der Waals surface area contributed by atoms with Crippen LogP contribution in [0.1, 0.15) is 53.9 Å². The number of carboxylic acids is 1. The maximum atomic E-state index is 14.2. The molecule has 294 valence electrons. The van der Waals surface area contributed by atoms with Gasteiger partial charge in [-0.15, -0.1) is 0 Å². The zero-order chi connectivity index (χ0) is 39.9. The molecule has 4 amide bonds. The fraction of sp³-hybridized carbons (Fsp3) is 0.326. The van der Waals surface area contributed by atoms with Gasteiger partial charge in [-0.05, 0) is 72.2 Å². The largest absolute Gasteiger partial charge is 0.480 e. The van der Waals surface area contributed by atoms with Crippen molar-refractivity contribution in [2.45, 2.75) is 68.6 Å². The van der Waals surface area contributed by atoms with Crippen LogP contribution in [0.3, 0.4) is 0 Å². The van der Waals surface area contributed by atoms with Crippen LogP contribution >= 0.6 is 0 Å². The number of ether oxygens (including phenoxy) is 1. The molecule has 9 N–H and O–H groups in total. The van der Waals surface area contributed by atoms with Crippen molar-refractivity contribution >= 4 is 29.8 Å². The average molecular weight is 763 g/mol. The van der Waals surface area contributed by atoms with E-state index in [0.717, 1.165) is 33.4 Å². The first-order chi connectivity index (χ1) is 27.2. The number of carbonyl (C=O) groups excluding carboxylic acids is 4. The number of hydrogen-bond donors (Lipinski definition) is 7. The van der Waals surface area contributed by atoms with Crippen LogP contribution in [0.5, 0.6) is 0 Å². The van der Waals surface area contributed by atoms with Crippen LogP contribution in [0.25, 0.3) is 11.1 Å². The Kier molecular flexibility index (Phi) is 15.1. The molecule has 0 heterocycles. The number of fused-ring (bicyclic) bond motifs is 3. The van der Waals surface area contributed by atoms with Gasteiger partial charge in [0, 0.05) is 18.8 Å². The van der Waals surface area contributed by atoms with E-state index in [0.29, 0.717) is 12.8 Å². The van der Waals surface area contributed by atoms with Crippen LogP contribution in [0, 0.1) is 0 Å². The molecule has 0 fully saturated rings. The Morgan fingerprint density at radius 3 is 1.46 bits per heavy atom. The molecule has 4 aromatic rings. The van der Waals surface area contributed by atoms with Gasteiger partial charge in [0.2, 0.25) is 17.7 Å². The summed E-state index contributed by atoms with van der Waals surface area (Å²) in [5.74, 6) is -3.43. The summed E-state index contributed by atoms with van der Waals surface area (Å²) >= 11 is 0. The molecule has 0 saturated carbocycles. The van der Waals surface area contributed by atoms with Gasteiger partial charge in [0.05, 0.1) is 0 Å². The molecule has 0 spiro atoms. The van der Waals surface area contributed by atoms with E-state index in [1.165, 1.54) is 0 Å². The molecule has 4 atom stereocenters.